The van der Waals surface area contributed by atoms with E-state index in [2.05, 4.69) is 32.0 Å². The van der Waals surface area contributed by atoms with Crippen LogP contribution in [0.1, 0.15) is 31.4 Å². The van der Waals surface area contributed by atoms with Crippen LogP contribution in [0.15, 0.2) is 18.2 Å². The van der Waals surface area contributed by atoms with Gasteiger partial charge in [0, 0.05) is 0 Å². The summed E-state index contributed by atoms with van der Waals surface area (Å²) in [5, 5.41) is 0. The molecule has 0 aliphatic rings. The summed E-state index contributed by atoms with van der Waals surface area (Å²) in [6.45, 7) is 4.40. The van der Waals surface area contributed by atoms with Crippen LogP contribution in [0.4, 0.5) is 0 Å². The van der Waals surface area contributed by atoms with Crippen molar-refractivity contribution in [2.24, 2.45) is 0 Å². The molecule has 69 valence electrons. The molecule has 0 aliphatic heterocycles. The quantitative estimate of drug-likeness (QED) is 0.771. The van der Waals surface area contributed by atoms with Crippen molar-refractivity contribution < 1.29 is 3.07 Å². The zero-order valence-corrected chi connectivity index (χ0v) is 11.1. The van der Waals surface area contributed by atoms with Gasteiger partial charge in [-0.25, -0.2) is 0 Å². The van der Waals surface area contributed by atoms with Gasteiger partial charge in [-0.2, -0.15) is 0 Å². The third-order valence-corrected chi connectivity index (χ3v) is 2.85. The van der Waals surface area contributed by atoms with E-state index in [1.807, 2.05) is 0 Å². The summed E-state index contributed by atoms with van der Waals surface area (Å²) in [7, 11) is 0. The first kappa shape index (κ1) is 10.9. The van der Waals surface area contributed by atoms with Gasteiger partial charge < -0.3 is 0 Å². The molecule has 2 heteroatoms. The normalized spacial score (nSPS) is 10.1. The number of aryl methyl sites for hydroxylation is 1. The van der Waals surface area contributed by atoms with Crippen molar-refractivity contribution in [2.45, 2.75) is 33.1 Å². The van der Waals surface area contributed by atoms with E-state index in [1.165, 1.54) is 17.5 Å². The van der Waals surface area contributed by atoms with Gasteiger partial charge in [0.05, 0.1) is 0 Å². The third-order valence-electron chi connectivity index (χ3n) is 2.22. The summed E-state index contributed by atoms with van der Waals surface area (Å²) in [5.74, 6) is 1.08. The van der Waals surface area contributed by atoms with E-state index >= 15 is 0 Å². The standard InChI is InChI=1S/C11H16O.Sn/c1-3-6-10-9(4-2)7-5-8-11(10)12;/h5,7-8,12H,3-4,6H2,1-2H3;/q;+1/p-1. The van der Waals surface area contributed by atoms with Crippen LogP contribution in [0.2, 0.25) is 0 Å². The Kier molecular flexibility index (Phi) is 4.63. The molecule has 0 amide bonds. The third kappa shape index (κ3) is 2.63. The average Bonchev–Trinajstić information content (AvgIpc) is 2.18. The predicted octanol–water partition coefficient (Wildman–Crippen LogP) is 2.66. The maximum absolute atomic E-state index is 5.43. The Morgan fingerprint density at radius 2 is 2.08 bits per heavy atom. The van der Waals surface area contributed by atoms with Gasteiger partial charge in [-0.1, -0.05) is 0 Å². The molecule has 0 atom stereocenters. The molecule has 0 unspecified atom stereocenters. The molecule has 1 nitrogen and oxygen atoms in total. The SMILES string of the molecule is CCCc1c(CC)cccc1[O][Sn]. The fourth-order valence-corrected chi connectivity index (χ4v) is 2.12. The van der Waals surface area contributed by atoms with Crippen molar-refractivity contribution in [1.82, 2.24) is 0 Å². The van der Waals surface area contributed by atoms with Gasteiger partial charge in [-0.3, -0.25) is 0 Å². The fraction of sp³-hybridized carbons (Fsp3) is 0.455. The van der Waals surface area contributed by atoms with Crippen LogP contribution in [0.3, 0.4) is 0 Å². The first-order valence-corrected chi connectivity index (χ1v) is 5.94. The topological polar surface area (TPSA) is 9.23 Å². The van der Waals surface area contributed by atoms with E-state index in [1.54, 1.807) is 0 Å². The molecule has 0 N–H and O–H groups in total. The zero-order valence-electron chi connectivity index (χ0n) is 8.26. The molecule has 1 aromatic rings. The van der Waals surface area contributed by atoms with Crippen molar-refractivity contribution in [2.75, 3.05) is 0 Å². The molecule has 0 bridgehead atoms. The van der Waals surface area contributed by atoms with Crippen LogP contribution >= 0.6 is 0 Å². The van der Waals surface area contributed by atoms with Crippen molar-refractivity contribution in [1.29, 1.82) is 0 Å². The number of hydrogen-bond acceptors (Lipinski definition) is 1. The summed E-state index contributed by atoms with van der Waals surface area (Å²) in [6.07, 6.45) is 3.42. The van der Waals surface area contributed by atoms with Gasteiger partial charge in [0.15, 0.2) is 0 Å². The number of rotatable bonds is 4. The molecule has 0 saturated carbocycles. The minimum atomic E-state index is 1.08. The molecule has 0 saturated heterocycles. The van der Waals surface area contributed by atoms with E-state index in [0.29, 0.717) is 0 Å². The summed E-state index contributed by atoms with van der Waals surface area (Å²) < 4.78 is 5.43. The fourth-order valence-electron chi connectivity index (χ4n) is 1.57. The monoisotopic (exact) mass is 283 g/mol. The van der Waals surface area contributed by atoms with Crippen LogP contribution in [0.25, 0.3) is 0 Å². The van der Waals surface area contributed by atoms with E-state index in [9.17, 15) is 0 Å². The first-order chi connectivity index (χ1) is 6.33. The summed E-state index contributed by atoms with van der Waals surface area (Å²) in [4.78, 5) is 0. The van der Waals surface area contributed by atoms with Crippen LogP contribution in [-0.2, 0) is 12.8 Å². The van der Waals surface area contributed by atoms with Crippen LogP contribution in [-0.4, -0.2) is 22.9 Å². The predicted molar refractivity (Wildman–Crippen MR) is 56.2 cm³/mol. The minimum absolute atomic E-state index is 1.08. The second-order valence-electron chi connectivity index (χ2n) is 3.10. The molecule has 1 aromatic carbocycles. The Balaban J connectivity index is 3.05. The summed E-state index contributed by atoms with van der Waals surface area (Å²) in [5.41, 5.74) is 2.84. The van der Waals surface area contributed by atoms with E-state index in [-0.39, 0.29) is 0 Å². The van der Waals surface area contributed by atoms with Crippen LogP contribution in [0.5, 0.6) is 5.75 Å². The van der Waals surface area contributed by atoms with Crippen molar-refractivity contribution in [3.8, 4) is 5.75 Å². The maximum atomic E-state index is 5.43. The summed E-state index contributed by atoms with van der Waals surface area (Å²) >= 11 is 1.12. The molecule has 0 heterocycles. The average molecular weight is 282 g/mol. The molecule has 0 spiro atoms. The second kappa shape index (κ2) is 5.53. The Morgan fingerprint density at radius 3 is 2.62 bits per heavy atom. The molecule has 0 aliphatic carbocycles. The van der Waals surface area contributed by atoms with Crippen molar-refractivity contribution in [3.05, 3.63) is 29.3 Å². The molecule has 13 heavy (non-hydrogen) atoms. The van der Waals surface area contributed by atoms with Crippen molar-refractivity contribution >= 4 is 22.9 Å². The van der Waals surface area contributed by atoms with Gasteiger partial charge in [0.2, 0.25) is 0 Å². The van der Waals surface area contributed by atoms with Gasteiger partial charge in [0.1, 0.15) is 0 Å². The van der Waals surface area contributed by atoms with Crippen LogP contribution in [0, 0.1) is 0 Å². The van der Waals surface area contributed by atoms with Gasteiger partial charge in [0.25, 0.3) is 0 Å². The van der Waals surface area contributed by atoms with Gasteiger partial charge >= 0.3 is 94.2 Å². The van der Waals surface area contributed by atoms with Gasteiger partial charge in [-0.15, -0.1) is 0 Å². The molecule has 3 radical (unpaired) electrons. The molecular weight excluding hydrogens is 267 g/mol. The van der Waals surface area contributed by atoms with Gasteiger partial charge in [-0.05, 0) is 0 Å². The number of benzene rings is 1. The van der Waals surface area contributed by atoms with E-state index in [4.69, 9.17) is 3.07 Å². The zero-order chi connectivity index (χ0) is 9.68. The number of hydrogen-bond donors (Lipinski definition) is 0. The summed E-state index contributed by atoms with van der Waals surface area (Å²) in [6, 6.07) is 6.35. The Bertz CT molecular complexity index is 249. The molecular formula is C11H15OSn. The first-order valence-electron chi connectivity index (χ1n) is 4.77. The molecule has 1 rings (SSSR count). The van der Waals surface area contributed by atoms with Crippen LogP contribution < -0.4 is 3.07 Å². The van der Waals surface area contributed by atoms with E-state index in [0.717, 1.165) is 41.5 Å². The Morgan fingerprint density at radius 1 is 1.31 bits per heavy atom. The second-order valence-corrected chi connectivity index (χ2v) is 3.68. The Labute approximate surface area is 94.1 Å². The molecule has 0 fully saturated rings. The van der Waals surface area contributed by atoms with Crippen molar-refractivity contribution in [3.63, 3.8) is 0 Å². The molecule has 0 aromatic heterocycles. The Hall–Kier alpha value is -0.181. The van der Waals surface area contributed by atoms with E-state index < -0.39 is 0 Å².